The third-order valence-corrected chi connectivity index (χ3v) is 8.29. The molecular formula is C31H25FN4O. The quantitative estimate of drug-likeness (QED) is 0.297. The summed E-state index contributed by atoms with van der Waals surface area (Å²) in [5, 5.41) is 4.26. The number of carbonyl (C=O) groups excluding carboxylic acids is 1. The second kappa shape index (κ2) is 7.60. The maximum absolute atomic E-state index is 14.3. The number of nitrogens with two attached hydrogens (primary N) is 1. The average Bonchev–Trinajstić information content (AvgIpc) is 3.37. The minimum atomic E-state index is -1.16. The van der Waals surface area contributed by atoms with Gasteiger partial charge in [0.05, 0.1) is 11.9 Å². The zero-order valence-electron chi connectivity index (χ0n) is 20.3. The van der Waals surface area contributed by atoms with Crippen LogP contribution < -0.4 is 11.1 Å². The number of nitrogens with one attached hydrogen (secondary N) is 2. The van der Waals surface area contributed by atoms with Crippen LogP contribution in [0.15, 0.2) is 91.1 Å². The van der Waals surface area contributed by atoms with Crippen molar-refractivity contribution in [2.75, 3.05) is 5.32 Å². The van der Waals surface area contributed by atoms with Gasteiger partial charge in [-0.2, -0.15) is 0 Å². The number of amides is 1. The van der Waals surface area contributed by atoms with Crippen LogP contribution in [0.1, 0.15) is 41.5 Å². The highest BCUT2D eigenvalue weighted by atomic mass is 19.1. The molecule has 0 spiro atoms. The number of nitrogens with zero attached hydrogens (tertiary/aromatic N) is 1. The molecule has 1 aromatic heterocycles. The second-order valence-electron chi connectivity index (χ2n) is 10.4. The summed E-state index contributed by atoms with van der Waals surface area (Å²) in [7, 11) is 0. The molecule has 0 radical (unpaired) electrons. The Morgan fingerprint density at radius 1 is 0.946 bits per heavy atom. The van der Waals surface area contributed by atoms with Gasteiger partial charge in [-0.25, -0.2) is 9.37 Å². The van der Waals surface area contributed by atoms with Crippen LogP contribution in [0.4, 0.5) is 10.3 Å². The van der Waals surface area contributed by atoms with Crippen LogP contribution in [0, 0.1) is 5.82 Å². The Balaban J connectivity index is 1.26. The largest absolute Gasteiger partial charge is 0.324 e. The number of imidazole rings is 1. The summed E-state index contributed by atoms with van der Waals surface area (Å²) in [6.07, 6.45) is 2.14. The summed E-state index contributed by atoms with van der Waals surface area (Å²) in [5.41, 5.74) is 11.7. The number of benzene rings is 4. The molecule has 5 nitrogen and oxygen atoms in total. The van der Waals surface area contributed by atoms with Crippen LogP contribution in [0.25, 0.3) is 22.0 Å². The Kier molecular flexibility index (Phi) is 4.51. The average molecular weight is 489 g/mol. The number of H-pyrrole nitrogens is 1. The summed E-state index contributed by atoms with van der Waals surface area (Å²) in [6, 6.07) is 27.1. The molecule has 1 unspecified atom stereocenters. The first-order valence-electron chi connectivity index (χ1n) is 12.4. The molecule has 1 atom stereocenters. The van der Waals surface area contributed by atoms with E-state index in [1.54, 1.807) is 18.3 Å². The third kappa shape index (κ3) is 2.99. The van der Waals surface area contributed by atoms with Crippen molar-refractivity contribution >= 4 is 22.6 Å². The predicted octanol–water partition coefficient (Wildman–Crippen LogP) is 5.86. The van der Waals surface area contributed by atoms with E-state index in [0.29, 0.717) is 23.4 Å². The summed E-state index contributed by atoms with van der Waals surface area (Å²) in [6.45, 7) is 2.18. The van der Waals surface area contributed by atoms with Crippen molar-refractivity contribution in [1.29, 1.82) is 0 Å². The molecule has 4 aromatic carbocycles. The van der Waals surface area contributed by atoms with Gasteiger partial charge in [0.15, 0.2) is 0 Å². The fraction of sp³-hybridized carbons (Fsp3) is 0.161. The first kappa shape index (κ1) is 21.9. The van der Waals surface area contributed by atoms with Crippen molar-refractivity contribution in [3.63, 3.8) is 0 Å². The van der Waals surface area contributed by atoms with Gasteiger partial charge in [0.25, 0.3) is 0 Å². The molecule has 0 aliphatic heterocycles. The van der Waals surface area contributed by atoms with E-state index in [2.05, 4.69) is 58.6 Å². The fourth-order valence-corrected chi connectivity index (χ4v) is 6.70. The molecule has 0 saturated carbocycles. The van der Waals surface area contributed by atoms with Gasteiger partial charge in [0.2, 0.25) is 11.9 Å². The summed E-state index contributed by atoms with van der Waals surface area (Å²) in [5.74, 6) is -0.514. The number of halogens is 1. The van der Waals surface area contributed by atoms with E-state index in [-0.39, 0.29) is 23.1 Å². The van der Waals surface area contributed by atoms with E-state index in [4.69, 9.17) is 5.73 Å². The van der Waals surface area contributed by atoms with Crippen molar-refractivity contribution in [3.8, 4) is 11.3 Å². The fourth-order valence-electron chi connectivity index (χ4n) is 6.70. The molecule has 4 N–H and O–H groups in total. The predicted molar refractivity (Wildman–Crippen MR) is 143 cm³/mol. The number of hydrogen-bond acceptors (Lipinski definition) is 3. The first-order chi connectivity index (χ1) is 17.9. The Labute approximate surface area is 213 Å². The molecule has 2 bridgehead atoms. The van der Waals surface area contributed by atoms with Gasteiger partial charge in [-0.05, 0) is 46.2 Å². The number of fused-ring (bicyclic) bond motifs is 2. The lowest BCUT2D eigenvalue weighted by Crippen LogP contribution is -2.64. The van der Waals surface area contributed by atoms with Gasteiger partial charge >= 0.3 is 0 Å². The Bertz CT molecular complexity index is 1680. The number of anilines is 1. The number of aromatic amines is 1. The number of hydrogen-bond donors (Lipinski definition) is 3. The Morgan fingerprint density at radius 3 is 2.27 bits per heavy atom. The van der Waals surface area contributed by atoms with E-state index in [0.717, 1.165) is 22.1 Å². The molecule has 8 rings (SSSR count). The molecule has 3 aliphatic carbocycles. The minimum Gasteiger partial charge on any atom is -0.324 e. The van der Waals surface area contributed by atoms with Crippen LogP contribution in [-0.4, -0.2) is 21.4 Å². The lowest BCUT2D eigenvalue weighted by Gasteiger charge is -2.55. The zero-order valence-corrected chi connectivity index (χ0v) is 20.3. The first-order valence-corrected chi connectivity index (χ1v) is 12.4. The SMILES string of the molecule is CC12CC(N)(C(=O)Nc3ncc(-c4ccc(F)c5ccccc45)[nH]3)C(c3ccccc31)c1ccccc12. The highest BCUT2D eigenvalue weighted by Gasteiger charge is 2.59. The standard InChI is InChI=1S/C31H25FN4O/c1-30-17-31(33,27(21-10-4-6-12-23(21)30)22-11-5-7-13-24(22)30)28(37)36-29-34-16-26(35-29)20-14-15-25(32)19-9-3-2-8-18(19)20/h2-16,27H,17,33H2,1H3,(H2,34,35,36,37). The second-order valence-corrected chi connectivity index (χ2v) is 10.4. The number of rotatable bonds is 3. The lowest BCUT2D eigenvalue weighted by atomic mass is 9.49. The smallest absolute Gasteiger partial charge is 0.247 e. The molecule has 1 heterocycles. The molecule has 0 fully saturated rings. The third-order valence-electron chi connectivity index (χ3n) is 8.29. The summed E-state index contributed by atoms with van der Waals surface area (Å²) >= 11 is 0. The maximum atomic E-state index is 14.3. The maximum Gasteiger partial charge on any atom is 0.247 e. The van der Waals surface area contributed by atoms with Crippen molar-refractivity contribution < 1.29 is 9.18 Å². The summed E-state index contributed by atoms with van der Waals surface area (Å²) in [4.78, 5) is 21.5. The number of carbonyl (C=O) groups is 1. The van der Waals surface area contributed by atoms with Crippen molar-refractivity contribution in [2.45, 2.75) is 30.2 Å². The van der Waals surface area contributed by atoms with Crippen LogP contribution >= 0.6 is 0 Å². The van der Waals surface area contributed by atoms with Gasteiger partial charge in [0.1, 0.15) is 11.4 Å². The van der Waals surface area contributed by atoms with Crippen molar-refractivity contribution in [1.82, 2.24) is 9.97 Å². The van der Waals surface area contributed by atoms with Crippen molar-refractivity contribution in [2.24, 2.45) is 5.73 Å². The summed E-state index contributed by atoms with van der Waals surface area (Å²) < 4.78 is 14.3. The molecule has 37 heavy (non-hydrogen) atoms. The van der Waals surface area contributed by atoms with Crippen molar-refractivity contribution in [3.05, 3.63) is 119 Å². The van der Waals surface area contributed by atoms with Gasteiger partial charge in [-0.1, -0.05) is 79.7 Å². The Hall–Kier alpha value is -4.29. The van der Waals surface area contributed by atoms with Crippen LogP contribution in [0.2, 0.25) is 0 Å². The monoisotopic (exact) mass is 488 g/mol. The minimum absolute atomic E-state index is 0.266. The number of aromatic nitrogens is 2. The van der Waals surface area contributed by atoms with Gasteiger partial charge in [-0.15, -0.1) is 0 Å². The molecule has 1 amide bonds. The van der Waals surface area contributed by atoms with Gasteiger partial charge in [-0.3, -0.25) is 10.1 Å². The molecular weight excluding hydrogens is 463 g/mol. The highest BCUT2D eigenvalue weighted by molar-refractivity contribution is 6.00. The van der Waals surface area contributed by atoms with E-state index in [9.17, 15) is 9.18 Å². The topological polar surface area (TPSA) is 83.8 Å². The molecule has 182 valence electrons. The molecule has 5 aromatic rings. The normalized spacial score (nSPS) is 23.5. The van der Waals surface area contributed by atoms with Crippen LogP contribution in [0.5, 0.6) is 0 Å². The van der Waals surface area contributed by atoms with E-state index in [1.165, 1.54) is 17.2 Å². The van der Waals surface area contributed by atoms with Gasteiger partial charge in [0, 0.05) is 22.3 Å². The Morgan fingerprint density at radius 2 is 1.57 bits per heavy atom. The van der Waals surface area contributed by atoms with Gasteiger partial charge < -0.3 is 10.7 Å². The highest BCUT2D eigenvalue weighted by Crippen LogP contribution is 2.59. The molecule has 0 saturated heterocycles. The van der Waals surface area contributed by atoms with Crippen LogP contribution in [0.3, 0.4) is 0 Å². The van der Waals surface area contributed by atoms with Crippen LogP contribution in [-0.2, 0) is 10.2 Å². The molecule has 3 aliphatic rings. The molecule has 6 heteroatoms. The van der Waals surface area contributed by atoms with E-state index in [1.807, 2.05) is 30.3 Å². The zero-order chi connectivity index (χ0) is 25.4. The lowest BCUT2D eigenvalue weighted by molar-refractivity contribution is -0.123. The van der Waals surface area contributed by atoms with E-state index < -0.39 is 5.54 Å². The van der Waals surface area contributed by atoms with E-state index >= 15 is 0 Å².